The lowest BCUT2D eigenvalue weighted by Crippen LogP contribution is -2.31. The van der Waals surface area contributed by atoms with E-state index in [1.807, 2.05) is 0 Å². The lowest BCUT2D eigenvalue weighted by Gasteiger charge is -2.04. The Hall–Kier alpha value is -0.700. The molecule has 0 aromatic carbocycles. The molecular weight excluding hydrogens is 212 g/mol. The summed E-state index contributed by atoms with van der Waals surface area (Å²) in [7, 11) is -2.03. The Labute approximate surface area is 82.6 Å². The van der Waals surface area contributed by atoms with Crippen molar-refractivity contribution in [3.63, 3.8) is 0 Å². The van der Waals surface area contributed by atoms with Crippen LogP contribution in [0.5, 0.6) is 0 Å². The van der Waals surface area contributed by atoms with Crippen LogP contribution in [0.25, 0.3) is 0 Å². The molecule has 84 valence electrons. The van der Waals surface area contributed by atoms with Gasteiger partial charge in [-0.1, -0.05) is 4.89 Å². The number of primary amides is 1. The Kier molecular flexibility index (Phi) is 6.37. The first-order valence-corrected chi connectivity index (χ1v) is 5.51. The SMILES string of the molecule is COCCCS(=O)(=O)NOCC(N)=O. The van der Waals surface area contributed by atoms with Crippen LogP contribution in [0.15, 0.2) is 0 Å². The third-order valence-electron chi connectivity index (χ3n) is 1.16. The summed E-state index contributed by atoms with van der Waals surface area (Å²) >= 11 is 0. The molecular formula is C6H14N2O5S. The zero-order valence-electron chi connectivity index (χ0n) is 7.86. The van der Waals surface area contributed by atoms with Crippen LogP contribution in [0.4, 0.5) is 0 Å². The highest BCUT2D eigenvalue weighted by Crippen LogP contribution is 1.89. The molecule has 0 atom stereocenters. The van der Waals surface area contributed by atoms with E-state index in [0.29, 0.717) is 13.0 Å². The maximum absolute atomic E-state index is 11.0. The van der Waals surface area contributed by atoms with E-state index in [1.54, 1.807) is 4.89 Å². The minimum absolute atomic E-state index is 0.125. The quantitative estimate of drug-likeness (QED) is 0.381. The Morgan fingerprint density at radius 1 is 1.50 bits per heavy atom. The first-order chi connectivity index (χ1) is 6.48. The van der Waals surface area contributed by atoms with E-state index in [-0.39, 0.29) is 5.75 Å². The molecule has 7 nitrogen and oxygen atoms in total. The largest absolute Gasteiger partial charge is 0.385 e. The average Bonchev–Trinajstić information content (AvgIpc) is 2.03. The van der Waals surface area contributed by atoms with Gasteiger partial charge in [0.1, 0.15) is 6.61 Å². The van der Waals surface area contributed by atoms with Gasteiger partial charge in [-0.3, -0.25) is 9.63 Å². The van der Waals surface area contributed by atoms with Gasteiger partial charge in [0.15, 0.2) is 0 Å². The number of methoxy groups -OCH3 is 1. The van der Waals surface area contributed by atoms with Crippen molar-refractivity contribution in [2.45, 2.75) is 6.42 Å². The van der Waals surface area contributed by atoms with Crippen LogP contribution in [0.2, 0.25) is 0 Å². The van der Waals surface area contributed by atoms with Gasteiger partial charge in [-0.25, -0.2) is 8.42 Å². The molecule has 0 spiro atoms. The van der Waals surface area contributed by atoms with E-state index in [9.17, 15) is 13.2 Å². The van der Waals surface area contributed by atoms with Crippen molar-refractivity contribution >= 4 is 15.9 Å². The third-order valence-corrected chi connectivity index (χ3v) is 2.36. The summed E-state index contributed by atoms with van der Waals surface area (Å²) in [5, 5.41) is 0. The van der Waals surface area contributed by atoms with Gasteiger partial charge < -0.3 is 10.5 Å². The van der Waals surface area contributed by atoms with Gasteiger partial charge in [0.25, 0.3) is 0 Å². The third kappa shape index (κ3) is 7.92. The lowest BCUT2D eigenvalue weighted by atomic mass is 10.5. The van der Waals surface area contributed by atoms with Crippen LogP contribution in [-0.2, 0) is 24.4 Å². The first kappa shape index (κ1) is 13.3. The second kappa shape index (κ2) is 6.71. The molecule has 0 radical (unpaired) electrons. The molecule has 1 amide bonds. The van der Waals surface area contributed by atoms with Crippen molar-refractivity contribution in [1.29, 1.82) is 0 Å². The number of hydrogen-bond acceptors (Lipinski definition) is 5. The number of carbonyl (C=O) groups is 1. The van der Waals surface area contributed by atoms with Crippen LogP contribution in [0, 0.1) is 0 Å². The highest BCUT2D eigenvalue weighted by Gasteiger charge is 2.09. The first-order valence-electron chi connectivity index (χ1n) is 3.86. The van der Waals surface area contributed by atoms with E-state index in [2.05, 4.69) is 9.57 Å². The van der Waals surface area contributed by atoms with E-state index in [0.717, 1.165) is 0 Å². The van der Waals surface area contributed by atoms with Crippen molar-refractivity contribution < 1.29 is 22.8 Å². The van der Waals surface area contributed by atoms with E-state index >= 15 is 0 Å². The second-order valence-corrected chi connectivity index (χ2v) is 4.31. The topological polar surface area (TPSA) is 108 Å². The van der Waals surface area contributed by atoms with Crippen molar-refractivity contribution in [1.82, 2.24) is 4.89 Å². The molecule has 3 N–H and O–H groups in total. The minimum atomic E-state index is -3.51. The molecule has 0 saturated carbocycles. The van der Waals surface area contributed by atoms with E-state index in [4.69, 9.17) is 5.73 Å². The number of nitrogens with two attached hydrogens (primary N) is 1. The molecule has 14 heavy (non-hydrogen) atoms. The number of carbonyl (C=O) groups excluding carboxylic acids is 1. The van der Waals surface area contributed by atoms with E-state index < -0.39 is 22.5 Å². The molecule has 0 heterocycles. The smallest absolute Gasteiger partial charge is 0.245 e. The predicted molar refractivity (Wildman–Crippen MR) is 48.6 cm³/mol. The monoisotopic (exact) mass is 226 g/mol. The lowest BCUT2D eigenvalue weighted by molar-refractivity contribution is -0.123. The van der Waals surface area contributed by atoms with Gasteiger partial charge in [0.05, 0.1) is 5.75 Å². The summed E-state index contributed by atoms with van der Waals surface area (Å²) in [6, 6.07) is 0. The molecule has 0 saturated heterocycles. The predicted octanol–water partition coefficient (Wildman–Crippen LogP) is -1.64. The summed E-state index contributed by atoms with van der Waals surface area (Å²) in [4.78, 5) is 16.3. The Balaban J connectivity index is 3.67. The Morgan fingerprint density at radius 3 is 2.64 bits per heavy atom. The van der Waals surface area contributed by atoms with Crippen LogP contribution < -0.4 is 10.6 Å². The van der Waals surface area contributed by atoms with Gasteiger partial charge in [-0.05, 0) is 6.42 Å². The molecule has 0 rings (SSSR count). The van der Waals surface area contributed by atoms with Crippen LogP contribution >= 0.6 is 0 Å². The molecule has 8 heteroatoms. The molecule has 0 fully saturated rings. The van der Waals surface area contributed by atoms with Crippen molar-refractivity contribution in [3.05, 3.63) is 0 Å². The van der Waals surface area contributed by atoms with Gasteiger partial charge in [0.2, 0.25) is 15.9 Å². The maximum atomic E-state index is 11.0. The van der Waals surface area contributed by atoms with Crippen molar-refractivity contribution in [2.75, 3.05) is 26.1 Å². The van der Waals surface area contributed by atoms with Crippen LogP contribution in [0.1, 0.15) is 6.42 Å². The van der Waals surface area contributed by atoms with Crippen LogP contribution in [0.3, 0.4) is 0 Å². The normalized spacial score (nSPS) is 11.5. The highest BCUT2D eigenvalue weighted by atomic mass is 32.2. The summed E-state index contributed by atoms with van der Waals surface area (Å²) in [5.74, 6) is -0.871. The van der Waals surface area contributed by atoms with E-state index in [1.165, 1.54) is 7.11 Å². The number of hydrogen-bond donors (Lipinski definition) is 2. The number of rotatable bonds is 8. The maximum Gasteiger partial charge on any atom is 0.245 e. The number of ether oxygens (including phenoxy) is 1. The van der Waals surface area contributed by atoms with Crippen LogP contribution in [-0.4, -0.2) is 40.4 Å². The molecule has 0 aliphatic carbocycles. The molecule has 0 unspecified atom stereocenters. The summed E-state index contributed by atoms with van der Waals surface area (Å²) in [6.45, 7) is -0.139. The average molecular weight is 226 g/mol. The summed E-state index contributed by atoms with van der Waals surface area (Å²) in [6.07, 6.45) is 0.353. The fourth-order valence-electron chi connectivity index (χ4n) is 0.625. The standard InChI is InChI=1S/C6H14N2O5S/c1-12-3-2-4-14(10,11)8-13-5-6(7)9/h8H,2-5H2,1H3,(H2,7,9). The fourth-order valence-corrected chi connectivity index (χ4v) is 1.45. The molecule has 0 aromatic rings. The summed E-state index contributed by atoms with van der Waals surface area (Å²) in [5.41, 5.74) is 4.72. The zero-order chi connectivity index (χ0) is 11.0. The molecule has 0 aromatic heterocycles. The minimum Gasteiger partial charge on any atom is -0.385 e. The Bertz CT molecular complexity index is 263. The zero-order valence-corrected chi connectivity index (χ0v) is 8.67. The Morgan fingerprint density at radius 2 is 2.14 bits per heavy atom. The second-order valence-electron chi connectivity index (χ2n) is 2.50. The number of sulfonamides is 1. The van der Waals surface area contributed by atoms with Gasteiger partial charge in [-0.15, -0.1) is 0 Å². The fraction of sp³-hybridized carbons (Fsp3) is 0.833. The number of nitrogens with one attached hydrogen (secondary N) is 1. The van der Waals surface area contributed by atoms with Crippen molar-refractivity contribution in [3.8, 4) is 0 Å². The van der Waals surface area contributed by atoms with Crippen molar-refractivity contribution in [2.24, 2.45) is 5.73 Å². The summed E-state index contributed by atoms with van der Waals surface area (Å²) < 4.78 is 26.8. The molecule has 0 aliphatic heterocycles. The molecule has 0 aliphatic rings. The van der Waals surface area contributed by atoms with Gasteiger partial charge in [-0.2, -0.15) is 0 Å². The molecule has 0 bridgehead atoms. The van der Waals surface area contributed by atoms with Gasteiger partial charge >= 0.3 is 0 Å². The van der Waals surface area contributed by atoms with Gasteiger partial charge in [0, 0.05) is 13.7 Å². The highest BCUT2D eigenvalue weighted by molar-refractivity contribution is 7.89. The number of amides is 1.